The molecule has 0 unspecified atom stereocenters. The molecule has 1 aromatic rings. The molecule has 1 atom stereocenters. The van der Waals surface area contributed by atoms with Crippen LogP contribution in [-0.2, 0) is 4.79 Å². The number of rotatable bonds is 6. The van der Waals surface area contributed by atoms with Crippen molar-refractivity contribution in [3.05, 3.63) is 28.8 Å². The summed E-state index contributed by atoms with van der Waals surface area (Å²) in [4.78, 5) is 16.3. The number of benzene rings is 1. The predicted molar refractivity (Wildman–Crippen MR) is 97.9 cm³/mol. The minimum atomic E-state index is -0.523. The number of β-amino-alcohol motifs (C(OH)–C–C–N with tert-alkyl or cyclic N) is 1. The highest BCUT2D eigenvalue weighted by Crippen LogP contribution is 2.31. The van der Waals surface area contributed by atoms with Crippen LogP contribution in [0.5, 0.6) is 5.75 Å². The van der Waals surface area contributed by atoms with E-state index >= 15 is 0 Å². The number of nitrogens with zero attached hydrogens (tertiary/aromatic N) is 2. The van der Waals surface area contributed by atoms with Gasteiger partial charge in [0.1, 0.15) is 18.5 Å². The third kappa shape index (κ3) is 4.53. The predicted octanol–water partition coefficient (Wildman–Crippen LogP) is 1.91. The van der Waals surface area contributed by atoms with Gasteiger partial charge in [-0.05, 0) is 50.3 Å². The van der Waals surface area contributed by atoms with E-state index in [1.807, 2.05) is 11.8 Å². The van der Waals surface area contributed by atoms with Crippen molar-refractivity contribution in [1.82, 2.24) is 9.80 Å². The molecule has 1 heterocycles. The van der Waals surface area contributed by atoms with Gasteiger partial charge >= 0.3 is 0 Å². The Morgan fingerprint density at radius 1 is 1.16 bits per heavy atom. The fourth-order valence-corrected chi connectivity index (χ4v) is 3.42. The molecule has 1 saturated carbocycles. The molecule has 1 amide bonds. The standard InChI is InChI=1S/C20H30N2O3/c1-14-4-5-15(2)19(16(14)3)25-13-18(23)12-21-8-10-22(11-9-21)20(24)17-6-7-17/h4-5,17-18,23H,6-13H2,1-3H3/t18-/m1/s1. The van der Waals surface area contributed by atoms with Crippen molar-refractivity contribution in [2.24, 2.45) is 5.92 Å². The molecule has 2 fully saturated rings. The molecule has 0 aromatic heterocycles. The van der Waals surface area contributed by atoms with E-state index in [0.717, 1.165) is 55.9 Å². The fourth-order valence-electron chi connectivity index (χ4n) is 3.42. The van der Waals surface area contributed by atoms with Crippen LogP contribution in [0.1, 0.15) is 29.5 Å². The third-order valence-corrected chi connectivity index (χ3v) is 5.37. The van der Waals surface area contributed by atoms with Crippen LogP contribution in [0.25, 0.3) is 0 Å². The van der Waals surface area contributed by atoms with E-state index in [9.17, 15) is 9.90 Å². The van der Waals surface area contributed by atoms with E-state index in [1.165, 1.54) is 5.56 Å². The Morgan fingerprint density at radius 3 is 2.44 bits per heavy atom. The highest BCUT2D eigenvalue weighted by molar-refractivity contribution is 5.81. The molecule has 1 saturated heterocycles. The Labute approximate surface area is 150 Å². The van der Waals surface area contributed by atoms with Gasteiger partial charge in [-0.3, -0.25) is 9.69 Å². The van der Waals surface area contributed by atoms with Crippen molar-refractivity contribution in [2.45, 2.75) is 39.7 Å². The summed E-state index contributed by atoms with van der Waals surface area (Å²) >= 11 is 0. The van der Waals surface area contributed by atoms with Crippen molar-refractivity contribution < 1.29 is 14.6 Å². The van der Waals surface area contributed by atoms with Crippen LogP contribution in [0.2, 0.25) is 0 Å². The van der Waals surface area contributed by atoms with Gasteiger partial charge in [-0.15, -0.1) is 0 Å². The average Bonchev–Trinajstić information content (AvgIpc) is 3.43. The molecular weight excluding hydrogens is 316 g/mol. The first-order chi connectivity index (χ1) is 12.0. The zero-order chi connectivity index (χ0) is 18.0. The number of aliphatic hydroxyl groups is 1. The number of amides is 1. The summed E-state index contributed by atoms with van der Waals surface area (Å²) in [5, 5.41) is 10.3. The monoisotopic (exact) mass is 346 g/mol. The molecule has 25 heavy (non-hydrogen) atoms. The average molecular weight is 346 g/mol. The molecule has 1 aliphatic carbocycles. The number of piperazine rings is 1. The van der Waals surface area contributed by atoms with Gasteiger partial charge in [-0.25, -0.2) is 0 Å². The van der Waals surface area contributed by atoms with Crippen LogP contribution in [-0.4, -0.2) is 66.2 Å². The van der Waals surface area contributed by atoms with Crippen LogP contribution < -0.4 is 4.74 Å². The van der Waals surface area contributed by atoms with Crippen molar-refractivity contribution in [1.29, 1.82) is 0 Å². The Morgan fingerprint density at radius 2 is 1.80 bits per heavy atom. The number of ether oxygens (including phenoxy) is 1. The molecule has 1 aliphatic heterocycles. The van der Waals surface area contributed by atoms with Gasteiger partial charge in [-0.1, -0.05) is 12.1 Å². The topological polar surface area (TPSA) is 53.0 Å². The van der Waals surface area contributed by atoms with Gasteiger partial charge in [-0.2, -0.15) is 0 Å². The third-order valence-electron chi connectivity index (χ3n) is 5.37. The fraction of sp³-hybridized carbons (Fsp3) is 0.650. The highest BCUT2D eigenvalue weighted by Gasteiger charge is 2.34. The van der Waals surface area contributed by atoms with Gasteiger partial charge in [0.15, 0.2) is 0 Å². The largest absolute Gasteiger partial charge is 0.490 e. The lowest BCUT2D eigenvalue weighted by atomic mass is 10.1. The number of carbonyl (C=O) groups is 1. The Bertz CT molecular complexity index is 620. The summed E-state index contributed by atoms with van der Waals surface area (Å²) in [5.41, 5.74) is 3.44. The van der Waals surface area contributed by atoms with E-state index < -0.39 is 6.10 Å². The minimum Gasteiger partial charge on any atom is -0.490 e. The van der Waals surface area contributed by atoms with E-state index in [0.29, 0.717) is 25.0 Å². The molecule has 0 radical (unpaired) electrons. The summed E-state index contributed by atoms with van der Waals surface area (Å²) in [5.74, 6) is 1.51. The molecule has 5 nitrogen and oxygen atoms in total. The van der Waals surface area contributed by atoms with E-state index in [1.54, 1.807) is 0 Å². The zero-order valence-electron chi connectivity index (χ0n) is 15.6. The maximum atomic E-state index is 12.1. The minimum absolute atomic E-state index is 0.298. The maximum absolute atomic E-state index is 12.1. The molecule has 1 aromatic carbocycles. The first-order valence-electron chi connectivity index (χ1n) is 9.34. The summed E-state index contributed by atoms with van der Waals surface area (Å²) in [6.45, 7) is 10.3. The van der Waals surface area contributed by atoms with Gasteiger partial charge in [0, 0.05) is 38.6 Å². The van der Waals surface area contributed by atoms with Crippen molar-refractivity contribution in [3.8, 4) is 5.75 Å². The summed E-state index contributed by atoms with van der Waals surface area (Å²) in [6.07, 6.45) is 1.60. The number of carbonyl (C=O) groups excluding carboxylic acids is 1. The van der Waals surface area contributed by atoms with Gasteiger partial charge in [0.05, 0.1) is 0 Å². The number of aryl methyl sites for hydroxylation is 2. The van der Waals surface area contributed by atoms with Gasteiger partial charge in [0.2, 0.25) is 5.91 Å². The van der Waals surface area contributed by atoms with Crippen LogP contribution in [0.4, 0.5) is 0 Å². The maximum Gasteiger partial charge on any atom is 0.225 e. The number of aliphatic hydroxyl groups excluding tert-OH is 1. The number of hydrogen-bond acceptors (Lipinski definition) is 4. The molecular formula is C20H30N2O3. The SMILES string of the molecule is Cc1ccc(C)c(OC[C@H](O)CN2CCN(C(=O)C3CC3)CC2)c1C. The second kappa shape index (κ2) is 7.75. The summed E-state index contributed by atoms with van der Waals surface area (Å²) in [6, 6.07) is 4.15. The summed E-state index contributed by atoms with van der Waals surface area (Å²) < 4.78 is 5.91. The van der Waals surface area contributed by atoms with E-state index in [2.05, 4.69) is 30.9 Å². The lowest BCUT2D eigenvalue weighted by Crippen LogP contribution is -2.51. The van der Waals surface area contributed by atoms with Crippen molar-refractivity contribution >= 4 is 5.91 Å². The van der Waals surface area contributed by atoms with E-state index in [4.69, 9.17) is 4.74 Å². The van der Waals surface area contributed by atoms with Crippen LogP contribution in [0, 0.1) is 26.7 Å². The van der Waals surface area contributed by atoms with Gasteiger partial charge in [0.25, 0.3) is 0 Å². The van der Waals surface area contributed by atoms with Crippen molar-refractivity contribution in [2.75, 3.05) is 39.3 Å². The molecule has 3 rings (SSSR count). The molecule has 138 valence electrons. The molecule has 2 aliphatic rings. The number of hydrogen-bond donors (Lipinski definition) is 1. The molecule has 0 bridgehead atoms. The second-order valence-electron chi connectivity index (χ2n) is 7.52. The van der Waals surface area contributed by atoms with Crippen LogP contribution in [0.15, 0.2) is 12.1 Å². The smallest absolute Gasteiger partial charge is 0.225 e. The lowest BCUT2D eigenvalue weighted by molar-refractivity contribution is -0.134. The summed E-state index contributed by atoms with van der Waals surface area (Å²) in [7, 11) is 0. The Balaban J connectivity index is 1.43. The normalized spacial score (nSPS) is 19.8. The van der Waals surface area contributed by atoms with Gasteiger partial charge < -0.3 is 14.7 Å². The van der Waals surface area contributed by atoms with Crippen molar-refractivity contribution in [3.63, 3.8) is 0 Å². The Kier molecular flexibility index (Phi) is 5.64. The first kappa shape index (κ1) is 18.2. The van der Waals surface area contributed by atoms with E-state index in [-0.39, 0.29) is 0 Å². The zero-order valence-corrected chi connectivity index (χ0v) is 15.6. The lowest BCUT2D eigenvalue weighted by Gasteiger charge is -2.35. The highest BCUT2D eigenvalue weighted by atomic mass is 16.5. The first-order valence-corrected chi connectivity index (χ1v) is 9.34. The molecule has 5 heteroatoms. The molecule has 1 N–H and O–H groups in total. The van der Waals surface area contributed by atoms with Crippen LogP contribution >= 0.6 is 0 Å². The second-order valence-corrected chi connectivity index (χ2v) is 7.52. The molecule has 0 spiro atoms. The van der Waals surface area contributed by atoms with Crippen LogP contribution in [0.3, 0.4) is 0 Å². The quantitative estimate of drug-likeness (QED) is 0.855. The Hall–Kier alpha value is -1.59.